The van der Waals surface area contributed by atoms with Gasteiger partial charge in [0.2, 0.25) is 11.7 Å². The van der Waals surface area contributed by atoms with Gasteiger partial charge in [-0.25, -0.2) is 0 Å². The zero-order valence-electron chi connectivity index (χ0n) is 41.8. The molecule has 0 unspecified atom stereocenters. The second-order valence-corrected chi connectivity index (χ2v) is 20.2. The van der Waals surface area contributed by atoms with Crippen molar-refractivity contribution in [2.24, 2.45) is 28.8 Å². The Balaban J connectivity index is 1.24. The van der Waals surface area contributed by atoms with Gasteiger partial charge in [-0.1, -0.05) is 104 Å². The van der Waals surface area contributed by atoms with Crippen LogP contribution in [0.2, 0.25) is 0 Å². The normalized spacial score (nSPS) is 22.5. The molecule has 5 aromatic rings. The van der Waals surface area contributed by atoms with Crippen molar-refractivity contribution in [3.63, 3.8) is 0 Å². The highest BCUT2D eigenvalue weighted by molar-refractivity contribution is 6.03. The summed E-state index contributed by atoms with van der Waals surface area (Å²) in [5.74, 6) is -0.872. The number of nitro benzene ring substituents is 2. The standard InChI is InChI=1S/C59H66N4O11/c1-2-33-71-59-55(61(56(66)30-25-40-13-3-4-14-40)38-44-18-11-17-42-15-5-6-21-49(42)44)37-53(60-72-39-41-23-26-45(27-24-41)62(67)68)51-34-43(16-7-9-31-64)50(22-8-10-32-65)57(58(51)59)52-36-48(28-29-54(52)74-59)73-47-20-12-19-46(35-47)63(69)70/h2,5-6,11-12,15,17-21,23-24,26-29,34-36,40,43,50,55,57-58,64-65H,1,3-4,7-10,13-14,16,22,25,30-33,37-39H2/t43-,50+,55-,57+,58+,59+/m0/s1. The monoisotopic (exact) mass is 1010 g/mol. The molecule has 2 saturated carbocycles. The topological polar surface area (TPSA) is 196 Å². The fourth-order valence-electron chi connectivity index (χ4n) is 12.2. The van der Waals surface area contributed by atoms with Gasteiger partial charge in [-0.2, -0.15) is 0 Å². The number of ether oxygens (including phenoxy) is 3. The number of fused-ring (bicyclic) bond motifs is 3. The number of unbranched alkanes of at least 4 members (excludes halogenated alkanes) is 2. The highest BCUT2D eigenvalue weighted by Gasteiger charge is 2.65. The van der Waals surface area contributed by atoms with E-state index in [0.717, 1.165) is 85.3 Å². The Bertz CT molecular complexity index is 2860. The minimum Gasteiger partial charge on any atom is -0.459 e. The van der Waals surface area contributed by atoms with Gasteiger partial charge in [0.15, 0.2) is 0 Å². The molecule has 0 radical (unpaired) electrons. The number of nitrogens with zero attached hydrogens (tertiary/aromatic N) is 4. The quantitative estimate of drug-likeness (QED) is 0.0258. The van der Waals surface area contributed by atoms with Gasteiger partial charge in [0.05, 0.1) is 34.1 Å². The van der Waals surface area contributed by atoms with E-state index >= 15 is 4.79 Å². The lowest BCUT2D eigenvalue weighted by Crippen LogP contribution is -2.70. The van der Waals surface area contributed by atoms with Crippen molar-refractivity contribution in [3.8, 4) is 17.2 Å². The van der Waals surface area contributed by atoms with E-state index in [-0.39, 0.29) is 74.4 Å². The Hall–Kier alpha value is -6.94. The first-order valence-corrected chi connectivity index (χ1v) is 26.2. The molecule has 388 valence electrons. The lowest BCUT2D eigenvalue weighted by Gasteiger charge is -2.60. The molecule has 2 N–H and O–H groups in total. The molecule has 0 saturated heterocycles. The maximum absolute atomic E-state index is 15.6. The van der Waals surface area contributed by atoms with E-state index in [1.165, 1.54) is 24.3 Å². The molecule has 0 bridgehead atoms. The largest absolute Gasteiger partial charge is 0.459 e. The van der Waals surface area contributed by atoms with Crippen LogP contribution in [0.4, 0.5) is 11.4 Å². The van der Waals surface area contributed by atoms with E-state index in [9.17, 15) is 30.4 Å². The SMILES string of the molecule is C=CCO[C@@]12Oc3ccc(Oc4cccc([N+](=O)[O-])c4)cc3[C@H]3[C@H](CCCCO)[C@@H](CCCCO)C=C(C(=NOCc4ccc([N+](=O)[O-])cc4)C[C@@H]1N(Cc1cccc4ccccc14)C(=O)CCC1CCCC1)[C@H]32. The number of carbonyl (C=O) groups excluding carboxylic acids is 1. The maximum atomic E-state index is 15.6. The lowest BCUT2D eigenvalue weighted by molar-refractivity contribution is -0.385. The Morgan fingerprint density at radius 1 is 0.838 bits per heavy atom. The van der Waals surface area contributed by atoms with Crippen LogP contribution in [0.1, 0.15) is 106 Å². The molecule has 1 heterocycles. The number of nitro groups is 2. The predicted octanol–water partition coefficient (Wildman–Crippen LogP) is 12.3. The van der Waals surface area contributed by atoms with Gasteiger partial charge in [0.25, 0.3) is 11.4 Å². The van der Waals surface area contributed by atoms with Crippen molar-refractivity contribution in [2.75, 3.05) is 19.8 Å². The molecule has 15 heteroatoms. The van der Waals surface area contributed by atoms with Crippen molar-refractivity contribution >= 4 is 33.8 Å². The van der Waals surface area contributed by atoms with Crippen LogP contribution in [0.5, 0.6) is 17.2 Å². The molecule has 74 heavy (non-hydrogen) atoms. The van der Waals surface area contributed by atoms with E-state index in [1.807, 2.05) is 35.2 Å². The zero-order chi connectivity index (χ0) is 51.6. The van der Waals surface area contributed by atoms with E-state index in [4.69, 9.17) is 24.2 Å². The average molecular weight is 1010 g/mol. The molecule has 4 aliphatic rings. The fraction of sp³-hybridized carbons (Fsp3) is 0.424. The number of rotatable bonds is 24. The average Bonchev–Trinajstić information content (AvgIpc) is 3.95. The Morgan fingerprint density at radius 2 is 1.57 bits per heavy atom. The van der Waals surface area contributed by atoms with Crippen molar-refractivity contribution in [1.29, 1.82) is 0 Å². The van der Waals surface area contributed by atoms with Crippen LogP contribution in [-0.2, 0) is 27.5 Å². The summed E-state index contributed by atoms with van der Waals surface area (Å²) in [6, 6.07) is 31.4. The maximum Gasteiger partial charge on any atom is 0.273 e. The third-order valence-electron chi connectivity index (χ3n) is 15.6. The number of oxime groups is 1. The minimum atomic E-state index is -1.52. The van der Waals surface area contributed by atoms with E-state index in [2.05, 4.69) is 36.9 Å². The van der Waals surface area contributed by atoms with E-state index < -0.39 is 27.6 Å². The molecule has 5 aromatic carbocycles. The Morgan fingerprint density at radius 3 is 2.32 bits per heavy atom. The van der Waals surface area contributed by atoms with Crippen molar-refractivity contribution < 1.29 is 43.9 Å². The van der Waals surface area contributed by atoms with Gasteiger partial charge in [-0.05, 0) is 114 Å². The zero-order valence-corrected chi connectivity index (χ0v) is 41.8. The number of allylic oxidation sites excluding steroid dienone is 1. The summed E-state index contributed by atoms with van der Waals surface area (Å²) in [6.45, 7) is 4.54. The molecule has 1 amide bonds. The van der Waals surface area contributed by atoms with Gasteiger partial charge < -0.3 is 34.2 Å². The number of hydrogen-bond donors (Lipinski definition) is 2. The summed E-state index contributed by atoms with van der Waals surface area (Å²) in [7, 11) is 0. The Labute approximate surface area is 431 Å². The molecule has 3 aliphatic carbocycles. The lowest BCUT2D eigenvalue weighted by atomic mass is 9.55. The molecule has 2 fully saturated rings. The molecule has 9 rings (SSSR count). The summed E-state index contributed by atoms with van der Waals surface area (Å²) >= 11 is 0. The van der Waals surface area contributed by atoms with Crippen molar-refractivity contribution in [3.05, 3.63) is 170 Å². The van der Waals surface area contributed by atoms with Crippen LogP contribution in [0.3, 0.4) is 0 Å². The van der Waals surface area contributed by atoms with Crippen LogP contribution in [-0.4, -0.2) is 68.2 Å². The highest BCUT2D eigenvalue weighted by atomic mass is 16.7. The molecular weight excluding hydrogens is 941 g/mol. The van der Waals surface area contributed by atoms with E-state index in [1.54, 1.807) is 36.4 Å². The first kappa shape index (κ1) is 51.9. The summed E-state index contributed by atoms with van der Waals surface area (Å²) in [5, 5.41) is 50.6. The van der Waals surface area contributed by atoms with Crippen LogP contribution in [0.25, 0.3) is 10.8 Å². The number of aliphatic hydroxyl groups excluding tert-OH is 2. The molecule has 1 aliphatic heterocycles. The molecule has 0 spiro atoms. The molecule has 0 aromatic heterocycles. The molecule has 6 atom stereocenters. The summed E-state index contributed by atoms with van der Waals surface area (Å²) < 4.78 is 21.3. The van der Waals surface area contributed by atoms with Gasteiger partial charge in [-0.15, -0.1) is 6.58 Å². The van der Waals surface area contributed by atoms with Crippen molar-refractivity contribution in [1.82, 2.24) is 4.90 Å². The Kier molecular flexibility index (Phi) is 16.8. The minimum absolute atomic E-state index is 0.0209. The smallest absolute Gasteiger partial charge is 0.273 e. The second kappa shape index (κ2) is 23.9. The first-order chi connectivity index (χ1) is 36.1. The second-order valence-electron chi connectivity index (χ2n) is 20.2. The van der Waals surface area contributed by atoms with Crippen LogP contribution in [0.15, 0.2) is 139 Å². The number of hydrogen-bond acceptors (Lipinski definition) is 12. The molecular formula is C59H66N4O11. The number of amides is 1. The predicted molar refractivity (Wildman–Crippen MR) is 282 cm³/mol. The third-order valence-corrected chi connectivity index (χ3v) is 15.6. The number of non-ortho nitro benzene ring substituents is 2. The van der Waals surface area contributed by atoms with Gasteiger partial charge >= 0.3 is 0 Å². The number of benzene rings is 5. The number of carbonyl (C=O) groups is 1. The van der Waals surface area contributed by atoms with Gasteiger partial charge in [0.1, 0.15) is 29.9 Å². The first-order valence-electron chi connectivity index (χ1n) is 26.2. The number of aliphatic hydroxyl groups is 2. The molecule has 15 nitrogen and oxygen atoms in total. The third kappa shape index (κ3) is 11.4. The van der Waals surface area contributed by atoms with Crippen LogP contribution in [0, 0.1) is 43.9 Å². The van der Waals surface area contributed by atoms with E-state index in [0.29, 0.717) is 53.7 Å². The summed E-state index contributed by atoms with van der Waals surface area (Å²) in [6.07, 6.45) is 13.9. The highest BCUT2D eigenvalue weighted by Crippen LogP contribution is 2.62. The summed E-state index contributed by atoms with van der Waals surface area (Å²) in [5.41, 5.74) is 3.82. The van der Waals surface area contributed by atoms with Crippen LogP contribution >= 0.6 is 0 Å². The van der Waals surface area contributed by atoms with Gasteiger partial charge in [0, 0.05) is 62.3 Å². The van der Waals surface area contributed by atoms with Gasteiger partial charge in [-0.3, -0.25) is 25.0 Å². The fourth-order valence-corrected chi connectivity index (χ4v) is 12.2. The summed E-state index contributed by atoms with van der Waals surface area (Å²) in [4.78, 5) is 46.3. The van der Waals surface area contributed by atoms with Crippen molar-refractivity contribution in [2.45, 2.75) is 114 Å². The van der Waals surface area contributed by atoms with Crippen LogP contribution < -0.4 is 9.47 Å².